The van der Waals surface area contributed by atoms with Crippen molar-refractivity contribution < 1.29 is 4.79 Å². The molecule has 3 aromatic rings. The molecule has 0 bridgehead atoms. The van der Waals surface area contributed by atoms with Crippen molar-refractivity contribution in [2.75, 3.05) is 5.32 Å². The van der Waals surface area contributed by atoms with Crippen molar-refractivity contribution in [2.45, 2.75) is 34.1 Å². The number of aryl methyl sites for hydroxylation is 4. The summed E-state index contributed by atoms with van der Waals surface area (Å²) >= 11 is 1.56. The maximum atomic E-state index is 12.4. The van der Waals surface area contributed by atoms with Gasteiger partial charge in [-0.3, -0.25) is 9.78 Å². The highest BCUT2D eigenvalue weighted by atomic mass is 32.1. The van der Waals surface area contributed by atoms with Crippen LogP contribution >= 0.6 is 11.3 Å². The van der Waals surface area contributed by atoms with Crippen molar-refractivity contribution >= 4 is 22.9 Å². The smallest absolute Gasteiger partial charge is 0.230 e. The van der Waals surface area contributed by atoms with Crippen LogP contribution < -0.4 is 5.32 Å². The summed E-state index contributed by atoms with van der Waals surface area (Å²) in [5.41, 5.74) is 6.69. The Morgan fingerprint density at radius 3 is 2.64 bits per heavy atom. The number of benzene rings is 1. The van der Waals surface area contributed by atoms with E-state index >= 15 is 0 Å². The standard InChI is InChI=1S/C20H21N3OS/c1-12-6-5-7-16(8-12)20-22-17(11-25-20)10-18(24)23-19-13(2)9-14(3)21-15(19)4/h5-9,11H,10H2,1-4H3,(H,23,24). The number of anilines is 1. The van der Waals surface area contributed by atoms with Crippen molar-refractivity contribution in [3.8, 4) is 10.6 Å². The van der Waals surface area contributed by atoms with Crippen molar-refractivity contribution in [2.24, 2.45) is 0 Å². The van der Waals surface area contributed by atoms with E-state index in [2.05, 4.69) is 34.3 Å². The molecule has 0 aliphatic carbocycles. The number of nitrogens with zero attached hydrogens (tertiary/aromatic N) is 2. The number of nitrogens with one attached hydrogen (secondary N) is 1. The zero-order valence-electron chi connectivity index (χ0n) is 14.9. The molecule has 0 unspecified atom stereocenters. The quantitative estimate of drug-likeness (QED) is 0.746. The van der Waals surface area contributed by atoms with Gasteiger partial charge in [0.2, 0.25) is 5.91 Å². The molecule has 2 heterocycles. The molecule has 0 radical (unpaired) electrons. The molecule has 25 heavy (non-hydrogen) atoms. The molecule has 0 saturated heterocycles. The average Bonchev–Trinajstić information content (AvgIpc) is 2.99. The van der Waals surface area contributed by atoms with Gasteiger partial charge in [0.1, 0.15) is 5.01 Å². The largest absolute Gasteiger partial charge is 0.324 e. The van der Waals surface area contributed by atoms with Gasteiger partial charge >= 0.3 is 0 Å². The van der Waals surface area contributed by atoms with Gasteiger partial charge in [-0.2, -0.15) is 0 Å². The van der Waals surface area contributed by atoms with Crippen LogP contribution in [0.3, 0.4) is 0 Å². The summed E-state index contributed by atoms with van der Waals surface area (Å²) in [6.07, 6.45) is 0.259. The summed E-state index contributed by atoms with van der Waals surface area (Å²) in [5.74, 6) is -0.0713. The highest BCUT2D eigenvalue weighted by Gasteiger charge is 2.12. The third kappa shape index (κ3) is 4.12. The zero-order valence-corrected chi connectivity index (χ0v) is 15.7. The lowest BCUT2D eigenvalue weighted by Crippen LogP contribution is -2.17. The Kier molecular flexibility index (Phi) is 4.95. The normalized spacial score (nSPS) is 10.7. The monoisotopic (exact) mass is 351 g/mol. The van der Waals surface area contributed by atoms with Crippen molar-refractivity contribution in [1.29, 1.82) is 0 Å². The molecular formula is C20H21N3OS. The molecule has 128 valence electrons. The van der Waals surface area contributed by atoms with Gasteiger partial charge in [0.25, 0.3) is 0 Å². The summed E-state index contributed by atoms with van der Waals surface area (Å²) in [6, 6.07) is 10.2. The molecule has 2 aromatic heterocycles. The molecule has 5 heteroatoms. The fourth-order valence-electron chi connectivity index (χ4n) is 2.86. The molecule has 0 atom stereocenters. The lowest BCUT2D eigenvalue weighted by atomic mass is 10.1. The highest BCUT2D eigenvalue weighted by Crippen LogP contribution is 2.25. The second kappa shape index (κ2) is 7.15. The van der Waals surface area contributed by atoms with E-state index in [0.717, 1.165) is 38.9 Å². The van der Waals surface area contributed by atoms with Gasteiger partial charge in [-0.05, 0) is 45.4 Å². The zero-order chi connectivity index (χ0) is 18.0. The molecule has 0 fully saturated rings. The Bertz CT molecular complexity index is 907. The number of carbonyl (C=O) groups is 1. The first kappa shape index (κ1) is 17.3. The molecular weight excluding hydrogens is 330 g/mol. The predicted octanol–water partition coefficient (Wildman–Crippen LogP) is 4.62. The Hall–Kier alpha value is -2.53. The van der Waals surface area contributed by atoms with Crippen LogP contribution in [0, 0.1) is 27.7 Å². The molecule has 1 N–H and O–H groups in total. The van der Waals surface area contributed by atoms with Gasteiger partial charge in [-0.1, -0.05) is 23.8 Å². The molecule has 4 nitrogen and oxygen atoms in total. The second-order valence-corrected chi connectivity index (χ2v) is 7.14. The first-order valence-corrected chi connectivity index (χ1v) is 9.06. The predicted molar refractivity (Wildman–Crippen MR) is 103 cm³/mol. The van der Waals surface area contributed by atoms with Crippen LogP contribution in [0.2, 0.25) is 0 Å². The summed E-state index contributed by atoms with van der Waals surface area (Å²) in [7, 11) is 0. The number of hydrogen-bond acceptors (Lipinski definition) is 4. The van der Waals surface area contributed by atoms with E-state index in [1.807, 2.05) is 44.4 Å². The van der Waals surface area contributed by atoms with Crippen molar-refractivity contribution in [1.82, 2.24) is 9.97 Å². The number of thiazole rings is 1. The number of hydrogen-bond donors (Lipinski definition) is 1. The fourth-order valence-corrected chi connectivity index (χ4v) is 3.68. The van der Waals surface area contributed by atoms with Crippen LogP contribution in [0.5, 0.6) is 0 Å². The van der Waals surface area contributed by atoms with E-state index in [0.29, 0.717) is 0 Å². The maximum Gasteiger partial charge on any atom is 0.230 e. The molecule has 1 amide bonds. The molecule has 0 aliphatic rings. The highest BCUT2D eigenvalue weighted by molar-refractivity contribution is 7.13. The molecule has 0 aliphatic heterocycles. The number of amides is 1. The molecule has 0 saturated carbocycles. The minimum atomic E-state index is -0.0713. The Morgan fingerprint density at radius 1 is 1.12 bits per heavy atom. The van der Waals surface area contributed by atoms with Crippen LogP contribution in [0.1, 0.15) is 28.2 Å². The van der Waals surface area contributed by atoms with Crippen LogP contribution in [-0.2, 0) is 11.2 Å². The van der Waals surface area contributed by atoms with Crippen LogP contribution in [0.4, 0.5) is 5.69 Å². The van der Waals surface area contributed by atoms with E-state index in [-0.39, 0.29) is 12.3 Å². The van der Waals surface area contributed by atoms with E-state index in [9.17, 15) is 4.79 Å². The van der Waals surface area contributed by atoms with Crippen LogP contribution in [0.15, 0.2) is 35.7 Å². The van der Waals surface area contributed by atoms with Gasteiger partial charge in [-0.25, -0.2) is 4.98 Å². The number of aromatic nitrogens is 2. The van der Waals surface area contributed by atoms with E-state index in [4.69, 9.17) is 0 Å². The minimum absolute atomic E-state index is 0.0713. The SMILES string of the molecule is Cc1cccc(-c2nc(CC(=O)Nc3c(C)cc(C)nc3C)cs2)c1. The maximum absolute atomic E-state index is 12.4. The van der Waals surface area contributed by atoms with E-state index in [1.54, 1.807) is 11.3 Å². The summed E-state index contributed by atoms with van der Waals surface area (Å²) in [5, 5.41) is 5.86. The summed E-state index contributed by atoms with van der Waals surface area (Å²) in [4.78, 5) is 21.4. The molecule has 1 aromatic carbocycles. The summed E-state index contributed by atoms with van der Waals surface area (Å²) < 4.78 is 0. The van der Waals surface area contributed by atoms with E-state index in [1.165, 1.54) is 5.56 Å². The lowest BCUT2D eigenvalue weighted by molar-refractivity contribution is -0.115. The lowest BCUT2D eigenvalue weighted by Gasteiger charge is -2.11. The third-order valence-electron chi connectivity index (χ3n) is 3.95. The third-order valence-corrected chi connectivity index (χ3v) is 4.89. The van der Waals surface area contributed by atoms with Gasteiger partial charge in [-0.15, -0.1) is 11.3 Å². The average molecular weight is 351 g/mol. The molecule has 3 rings (SSSR count). The van der Waals surface area contributed by atoms with Gasteiger partial charge < -0.3 is 5.32 Å². The Labute approximate surface area is 152 Å². The fraction of sp³-hybridized carbons (Fsp3) is 0.250. The van der Waals surface area contributed by atoms with Crippen LogP contribution in [-0.4, -0.2) is 15.9 Å². The van der Waals surface area contributed by atoms with Crippen LogP contribution in [0.25, 0.3) is 10.6 Å². The topological polar surface area (TPSA) is 54.9 Å². The summed E-state index contributed by atoms with van der Waals surface area (Å²) in [6.45, 7) is 7.91. The first-order valence-electron chi connectivity index (χ1n) is 8.18. The van der Waals surface area contributed by atoms with Crippen molar-refractivity contribution in [3.05, 3.63) is 63.9 Å². The first-order chi connectivity index (χ1) is 11.9. The Morgan fingerprint density at radius 2 is 1.92 bits per heavy atom. The Balaban J connectivity index is 1.72. The van der Waals surface area contributed by atoms with E-state index < -0.39 is 0 Å². The number of carbonyl (C=O) groups excluding carboxylic acids is 1. The number of pyridine rings is 1. The molecule has 0 spiro atoms. The minimum Gasteiger partial charge on any atom is -0.324 e. The van der Waals surface area contributed by atoms with Gasteiger partial charge in [0.15, 0.2) is 0 Å². The van der Waals surface area contributed by atoms with Gasteiger partial charge in [0.05, 0.1) is 23.5 Å². The number of rotatable bonds is 4. The van der Waals surface area contributed by atoms with Crippen molar-refractivity contribution in [3.63, 3.8) is 0 Å². The van der Waals surface area contributed by atoms with Gasteiger partial charge in [0, 0.05) is 16.6 Å². The second-order valence-electron chi connectivity index (χ2n) is 6.28.